The van der Waals surface area contributed by atoms with Gasteiger partial charge in [-0.1, -0.05) is 30.3 Å². The highest BCUT2D eigenvalue weighted by Crippen LogP contribution is 2.30. The average Bonchev–Trinajstić information content (AvgIpc) is 2.60. The van der Waals surface area contributed by atoms with E-state index in [1.165, 1.54) is 0 Å². The van der Waals surface area contributed by atoms with E-state index in [1.807, 2.05) is 55.5 Å². The number of azo groups is 1. The van der Waals surface area contributed by atoms with Gasteiger partial charge in [0.1, 0.15) is 22.7 Å². The third-order valence-corrected chi connectivity index (χ3v) is 3.59. The van der Waals surface area contributed by atoms with Crippen molar-refractivity contribution in [3.05, 3.63) is 54.1 Å². The van der Waals surface area contributed by atoms with Crippen molar-refractivity contribution in [2.45, 2.75) is 18.9 Å². The summed E-state index contributed by atoms with van der Waals surface area (Å²) in [6, 6.07) is 15.1. The highest BCUT2D eigenvalue weighted by atomic mass is 16.5. The van der Waals surface area contributed by atoms with Gasteiger partial charge >= 0.3 is 0 Å². The van der Waals surface area contributed by atoms with Gasteiger partial charge in [-0.25, -0.2) is 0 Å². The van der Waals surface area contributed by atoms with Crippen LogP contribution >= 0.6 is 0 Å². The van der Waals surface area contributed by atoms with E-state index in [2.05, 4.69) is 10.2 Å². The zero-order valence-corrected chi connectivity index (χ0v) is 13.7. The number of para-hydroxylation sites is 2. The fourth-order valence-electron chi connectivity index (χ4n) is 2.27. The lowest BCUT2D eigenvalue weighted by molar-refractivity contribution is 0.203. The van der Waals surface area contributed by atoms with Gasteiger partial charge in [0, 0.05) is 6.42 Å². The Bertz CT molecular complexity index is 673. The van der Waals surface area contributed by atoms with Crippen LogP contribution in [0.25, 0.3) is 0 Å². The number of ether oxygens (including phenoxy) is 2. The Hall–Kier alpha value is -2.40. The molecule has 1 atom stereocenters. The molecule has 0 bridgehead atoms. The van der Waals surface area contributed by atoms with E-state index in [9.17, 15) is 5.11 Å². The van der Waals surface area contributed by atoms with Crippen LogP contribution in [0.15, 0.2) is 58.8 Å². The van der Waals surface area contributed by atoms with Crippen molar-refractivity contribution in [1.82, 2.24) is 0 Å². The molecule has 0 saturated carbocycles. The molecule has 0 radical (unpaired) electrons. The van der Waals surface area contributed by atoms with Crippen molar-refractivity contribution >= 4 is 5.69 Å². The number of nitrogens with zero attached hydrogens (tertiary/aromatic N) is 2. The van der Waals surface area contributed by atoms with Crippen molar-refractivity contribution in [3.8, 4) is 11.5 Å². The van der Waals surface area contributed by atoms with Gasteiger partial charge < -0.3 is 14.6 Å². The number of aliphatic hydroxyl groups is 1. The molecule has 23 heavy (non-hydrogen) atoms. The first kappa shape index (κ1) is 17.0. The maximum Gasteiger partial charge on any atom is 0.146 e. The summed E-state index contributed by atoms with van der Waals surface area (Å²) < 4.78 is 10.6. The van der Waals surface area contributed by atoms with E-state index in [1.54, 1.807) is 14.2 Å². The van der Waals surface area contributed by atoms with Crippen LogP contribution in [0.1, 0.15) is 12.5 Å². The van der Waals surface area contributed by atoms with Crippen molar-refractivity contribution in [2.75, 3.05) is 20.8 Å². The molecule has 2 aromatic carbocycles. The molecule has 0 amide bonds. The average molecular weight is 314 g/mol. The molecule has 0 aliphatic rings. The van der Waals surface area contributed by atoms with E-state index >= 15 is 0 Å². The Kier molecular flexibility index (Phi) is 5.71. The third-order valence-electron chi connectivity index (χ3n) is 3.59. The van der Waals surface area contributed by atoms with Gasteiger partial charge in [0.25, 0.3) is 0 Å². The van der Waals surface area contributed by atoms with Gasteiger partial charge in [0.05, 0.1) is 20.8 Å². The minimum absolute atomic E-state index is 0.121. The van der Waals surface area contributed by atoms with Crippen LogP contribution in [0, 0.1) is 0 Å². The number of benzene rings is 2. The summed E-state index contributed by atoms with van der Waals surface area (Å²) >= 11 is 0. The van der Waals surface area contributed by atoms with E-state index < -0.39 is 5.54 Å². The van der Waals surface area contributed by atoms with Gasteiger partial charge in [-0.3, -0.25) is 0 Å². The minimum atomic E-state index is -0.741. The van der Waals surface area contributed by atoms with Gasteiger partial charge in [0.2, 0.25) is 0 Å². The monoisotopic (exact) mass is 314 g/mol. The molecule has 0 heterocycles. The van der Waals surface area contributed by atoms with E-state index in [4.69, 9.17) is 9.47 Å². The second-order valence-electron chi connectivity index (χ2n) is 5.52. The summed E-state index contributed by atoms with van der Waals surface area (Å²) in [5, 5.41) is 18.4. The molecule has 0 aliphatic carbocycles. The number of methoxy groups -OCH3 is 2. The first-order valence-corrected chi connectivity index (χ1v) is 7.40. The molecule has 122 valence electrons. The summed E-state index contributed by atoms with van der Waals surface area (Å²) in [6.07, 6.45) is 0.520. The SMILES string of the molecule is COc1ccccc1C[C@](C)(CO)N=Nc1ccccc1OC. The topological polar surface area (TPSA) is 63.4 Å². The van der Waals surface area contributed by atoms with Gasteiger partial charge in [-0.05, 0) is 30.7 Å². The summed E-state index contributed by atoms with van der Waals surface area (Å²) in [6.45, 7) is 1.74. The molecule has 0 spiro atoms. The molecule has 0 aliphatic heterocycles. The fraction of sp³-hybridized carbons (Fsp3) is 0.333. The van der Waals surface area contributed by atoms with Crippen LogP contribution in [-0.2, 0) is 6.42 Å². The quantitative estimate of drug-likeness (QED) is 0.791. The Morgan fingerprint density at radius 2 is 1.57 bits per heavy atom. The molecule has 2 rings (SSSR count). The van der Waals surface area contributed by atoms with Gasteiger partial charge in [-0.15, -0.1) is 0 Å². The van der Waals surface area contributed by atoms with Crippen LogP contribution in [0.2, 0.25) is 0 Å². The van der Waals surface area contributed by atoms with Crippen LogP contribution in [-0.4, -0.2) is 31.5 Å². The molecular weight excluding hydrogens is 292 g/mol. The predicted molar refractivity (Wildman–Crippen MR) is 89.7 cm³/mol. The standard InChI is InChI=1S/C18H22N2O3/c1-18(13-21,12-14-8-4-6-10-16(14)22-2)20-19-15-9-5-7-11-17(15)23-3/h4-11,21H,12-13H2,1-3H3/t18-/m1/s1. The summed E-state index contributed by atoms with van der Waals surface area (Å²) in [7, 11) is 3.22. The summed E-state index contributed by atoms with van der Waals surface area (Å²) in [5.74, 6) is 1.42. The van der Waals surface area contributed by atoms with Crippen LogP contribution in [0.5, 0.6) is 11.5 Å². The van der Waals surface area contributed by atoms with Crippen molar-refractivity contribution < 1.29 is 14.6 Å². The molecule has 0 saturated heterocycles. The lowest BCUT2D eigenvalue weighted by Gasteiger charge is -2.22. The Balaban J connectivity index is 2.25. The van der Waals surface area contributed by atoms with Crippen molar-refractivity contribution in [3.63, 3.8) is 0 Å². The van der Waals surface area contributed by atoms with E-state index in [0.29, 0.717) is 17.9 Å². The first-order chi connectivity index (χ1) is 11.1. The molecule has 0 unspecified atom stereocenters. The normalized spacial score (nSPS) is 13.7. The minimum Gasteiger partial charge on any atom is -0.496 e. The second-order valence-corrected chi connectivity index (χ2v) is 5.52. The van der Waals surface area contributed by atoms with Crippen LogP contribution in [0.4, 0.5) is 5.69 Å². The van der Waals surface area contributed by atoms with Gasteiger partial charge in [0.15, 0.2) is 0 Å². The maximum atomic E-state index is 9.79. The number of hydrogen-bond acceptors (Lipinski definition) is 5. The largest absolute Gasteiger partial charge is 0.496 e. The zero-order valence-electron chi connectivity index (χ0n) is 13.7. The third kappa shape index (κ3) is 4.29. The van der Waals surface area contributed by atoms with E-state index in [-0.39, 0.29) is 6.61 Å². The molecule has 2 aromatic rings. The van der Waals surface area contributed by atoms with Crippen LogP contribution < -0.4 is 9.47 Å². The lowest BCUT2D eigenvalue weighted by Crippen LogP contribution is -2.29. The zero-order chi connectivity index (χ0) is 16.7. The molecule has 0 aromatic heterocycles. The Labute approximate surface area is 136 Å². The molecule has 5 heteroatoms. The molecule has 1 N–H and O–H groups in total. The fourth-order valence-corrected chi connectivity index (χ4v) is 2.27. The highest BCUT2D eigenvalue weighted by molar-refractivity contribution is 5.50. The Morgan fingerprint density at radius 1 is 0.957 bits per heavy atom. The maximum absolute atomic E-state index is 9.79. The first-order valence-electron chi connectivity index (χ1n) is 7.40. The second kappa shape index (κ2) is 7.74. The molecule has 0 fully saturated rings. The number of hydrogen-bond donors (Lipinski definition) is 1. The lowest BCUT2D eigenvalue weighted by atomic mass is 9.94. The molecule has 5 nitrogen and oxygen atoms in total. The van der Waals surface area contributed by atoms with E-state index in [0.717, 1.165) is 11.3 Å². The highest BCUT2D eigenvalue weighted by Gasteiger charge is 2.25. The van der Waals surface area contributed by atoms with Crippen molar-refractivity contribution in [1.29, 1.82) is 0 Å². The van der Waals surface area contributed by atoms with Crippen LogP contribution in [0.3, 0.4) is 0 Å². The van der Waals surface area contributed by atoms with Gasteiger partial charge in [-0.2, -0.15) is 10.2 Å². The predicted octanol–water partition coefficient (Wildman–Crippen LogP) is 3.78. The summed E-state index contributed by atoms with van der Waals surface area (Å²) in [4.78, 5) is 0. The number of rotatable bonds is 7. The Morgan fingerprint density at radius 3 is 2.22 bits per heavy atom. The smallest absolute Gasteiger partial charge is 0.146 e. The molecular formula is C18H22N2O3. The summed E-state index contributed by atoms with van der Waals surface area (Å²) in [5.41, 5.74) is 0.871. The number of aliphatic hydroxyl groups excluding tert-OH is 1. The van der Waals surface area contributed by atoms with Crippen molar-refractivity contribution in [2.24, 2.45) is 10.2 Å².